The van der Waals surface area contributed by atoms with Gasteiger partial charge < -0.3 is 24.2 Å². The van der Waals surface area contributed by atoms with Crippen LogP contribution in [0.25, 0.3) is 0 Å². The molecule has 2 aliphatic heterocycles. The molecule has 3 heterocycles. The molecule has 3 rings (SSSR count). The number of nitrogens with zero attached hydrogens (tertiary/aromatic N) is 5. The number of aromatic nitrogens is 2. The van der Waals surface area contributed by atoms with Gasteiger partial charge in [-0.3, -0.25) is 4.79 Å². The van der Waals surface area contributed by atoms with Crippen LogP contribution in [0.4, 0.5) is 10.7 Å². The van der Waals surface area contributed by atoms with Crippen LogP contribution < -0.4 is 4.90 Å². The molecule has 0 saturated carbocycles. The van der Waals surface area contributed by atoms with Crippen LogP contribution >= 0.6 is 0 Å². The van der Waals surface area contributed by atoms with Crippen LogP contribution in [0.1, 0.15) is 17.4 Å². The first-order valence-corrected chi connectivity index (χ1v) is 8.55. The Labute approximate surface area is 146 Å². The van der Waals surface area contributed by atoms with Crippen molar-refractivity contribution in [3.05, 3.63) is 18.0 Å². The Morgan fingerprint density at radius 3 is 2.48 bits per heavy atom. The van der Waals surface area contributed by atoms with Crippen molar-refractivity contribution in [3.8, 4) is 0 Å². The van der Waals surface area contributed by atoms with Gasteiger partial charge in [0, 0.05) is 45.5 Å². The standard InChI is InChI=1S/C16H23N5O4/c1-2-25-16(23)21-7-5-19(6-8-21)14(22)13-3-4-17-15(18-13)20-9-11-24-12-10-20/h3-4H,2,5-12H2,1H3. The zero-order valence-electron chi connectivity index (χ0n) is 14.4. The second-order valence-electron chi connectivity index (χ2n) is 5.82. The third kappa shape index (κ3) is 4.16. The lowest BCUT2D eigenvalue weighted by atomic mass is 10.3. The topological polar surface area (TPSA) is 88.1 Å². The fourth-order valence-corrected chi connectivity index (χ4v) is 2.85. The highest BCUT2D eigenvalue weighted by atomic mass is 16.6. The predicted octanol–water partition coefficient (Wildman–Crippen LogP) is 0.228. The fraction of sp³-hybridized carbons (Fsp3) is 0.625. The van der Waals surface area contributed by atoms with Crippen LogP contribution in [-0.4, -0.2) is 90.9 Å². The third-order valence-corrected chi connectivity index (χ3v) is 4.25. The molecule has 0 aromatic carbocycles. The molecular formula is C16H23N5O4. The zero-order valence-corrected chi connectivity index (χ0v) is 14.4. The Balaban J connectivity index is 1.61. The molecule has 2 fully saturated rings. The Morgan fingerprint density at radius 1 is 1.12 bits per heavy atom. The molecule has 0 radical (unpaired) electrons. The molecule has 0 unspecified atom stereocenters. The van der Waals surface area contributed by atoms with Crippen LogP contribution in [0.15, 0.2) is 12.3 Å². The van der Waals surface area contributed by atoms with Crippen molar-refractivity contribution in [2.24, 2.45) is 0 Å². The second-order valence-corrected chi connectivity index (χ2v) is 5.82. The number of carbonyl (C=O) groups excluding carboxylic acids is 2. The Bertz CT molecular complexity index is 612. The van der Waals surface area contributed by atoms with Crippen LogP contribution in [0.5, 0.6) is 0 Å². The van der Waals surface area contributed by atoms with Gasteiger partial charge in [0.15, 0.2) is 0 Å². The quantitative estimate of drug-likeness (QED) is 0.772. The average Bonchev–Trinajstić information content (AvgIpc) is 2.68. The summed E-state index contributed by atoms with van der Waals surface area (Å²) in [6, 6.07) is 1.63. The summed E-state index contributed by atoms with van der Waals surface area (Å²) in [5.41, 5.74) is 0.376. The molecular weight excluding hydrogens is 326 g/mol. The number of rotatable bonds is 3. The number of morpholine rings is 1. The maximum Gasteiger partial charge on any atom is 0.409 e. The van der Waals surface area contributed by atoms with Gasteiger partial charge >= 0.3 is 6.09 Å². The minimum absolute atomic E-state index is 0.139. The van der Waals surface area contributed by atoms with E-state index in [9.17, 15) is 9.59 Å². The maximum absolute atomic E-state index is 12.7. The van der Waals surface area contributed by atoms with E-state index in [1.54, 1.807) is 29.0 Å². The molecule has 2 aliphatic rings. The number of hydrogen-bond acceptors (Lipinski definition) is 7. The second kappa shape index (κ2) is 8.11. The van der Waals surface area contributed by atoms with Crippen molar-refractivity contribution in [1.29, 1.82) is 0 Å². The fourth-order valence-electron chi connectivity index (χ4n) is 2.85. The number of amides is 2. The molecule has 1 aromatic heterocycles. The summed E-state index contributed by atoms with van der Waals surface area (Å²) in [5.74, 6) is 0.416. The summed E-state index contributed by atoms with van der Waals surface area (Å²) in [6.07, 6.45) is 1.28. The molecule has 2 amide bonds. The van der Waals surface area contributed by atoms with Crippen LogP contribution in [0.2, 0.25) is 0 Å². The summed E-state index contributed by atoms with van der Waals surface area (Å²) in [7, 11) is 0. The summed E-state index contributed by atoms with van der Waals surface area (Å²) in [5, 5.41) is 0. The largest absolute Gasteiger partial charge is 0.450 e. The van der Waals surface area contributed by atoms with Crippen molar-refractivity contribution in [2.75, 3.05) is 64.0 Å². The minimum atomic E-state index is -0.328. The highest BCUT2D eigenvalue weighted by Crippen LogP contribution is 2.13. The number of hydrogen-bond donors (Lipinski definition) is 0. The van der Waals surface area contributed by atoms with Crippen molar-refractivity contribution >= 4 is 17.9 Å². The molecule has 9 heteroatoms. The van der Waals surface area contributed by atoms with Crippen molar-refractivity contribution in [2.45, 2.75) is 6.92 Å². The lowest BCUT2D eigenvalue weighted by Gasteiger charge is -2.34. The van der Waals surface area contributed by atoms with E-state index in [4.69, 9.17) is 9.47 Å². The molecule has 0 N–H and O–H groups in total. The monoisotopic (exact) mass is 349 g/mol. The van der Waals surface area contributed by atoms with Gasteiger partial charge in [-0.25, -0.2) is 14.8 Å². The highest BCUT2D eigenvalue weighted by molar-refractivity contribution is 5.92. The van der Waals surface area contributed by atoms with E-state index in [-0.39, 0.29) is 12.0 Å². The summed E-state index contributed by atoms with van der Waals surface area (Å²) >= 11 is 0. The van der Waals surface area contributed by atoms with Crippen LogP contribution in [0.3, 0.4) is 0 Å². The average molecular weight is 349 g/mol. The van der Waals surface area contributed by atoms with Crippen LogP contribution in [0, 0.1) is 0 Å². The Kier molecular flexibility index (Phi) is 5.64. The summed E-state index contributed by atoms with van der Waals surface area (Å²) in [6.45, 7) is 6.70. The van der Waals surface area contributed by atoms with Gasteiger partial charge in [-0.15, -0.1) is 0 Å². The van der Waals surface area contributed by atoms with E-state index in [0.29, 0.717) is 57.6 Å². The van der Waals surface area contributed by atoms with Gasteiger partial charge in [0.25, 0.3) is 5.91 Å². The minimum Gasteiger partial charge on any atom is -0.450 e. The summed E-state index contributed by atoms with van der Waals surface area (Å²) in [4.78, 5) is 38.4. The van der Waals surface area contributed by atoms with Gasteiger partial charge in [-0.2, -0.15) is 0 Å². The van der Waals surface area contributed by atoms with Crippen molar-refractivity contribution in [3.63, 3.8) is 0 Å². The van der Waals surface area contributed by atoms with E-state index in [2.05, 4.69) is 9.97 Å². The maximum atomic E-state index is 12.7. The SMILES string of the molecule is CCOC(=O)N1CCN(C(=O)c2ccnc(N3CCOCC3)n2)CC1. The van der Waals surface area contributed by atoms with E-state index in [1.165, 1.54) is 0 Å². The molecule has 0 atom stereocenters. The predicted molar refractivity (Wildman–Crippen MR) is 89.6 cm³/mol. The molecule has 2 saturated heterocycles. The normalized spacial score (nSPS) is 18.2. The number of carbonyl (C=O) groups is 2. The molecule has 136 valence electrons. The van der Waals surface area contributed by atoms with Crippen LogP contribution in [-0.2, 0) is 9.47 Å². The van der Waals surface area contributed by atoms with Crippen molar-refractivity contribution in [1.82, 2.24) is 19.8 Å². The van der Waals surface area contributed by atoms with Crippen molar-refractivity contribution < 1.29 is 19.1 Å². The molecule has 0 aliphatic carbocycles. The van der Waals surface area contributed by atoms with Gasteiger partial charge in [0.2, 0.25) is 5.95 Å². The van der Waals surface area contributed by atoms with Gasteiger partial charge in [-0.05, 0) is 13.0 Å². The van der Waals surface area contributed by atoms with E-state index in [1.807, 2.05) is 4.90 Å². The highest BCUT2D eigenvalue weighted by Gasteiger charge is 2.26. The van der Waals surface area contributed by atoms with Gasteiger partial charge in [0.1, 0.15) is 5.69 Å². The number of anilines is 1. The molecule has 9 nitrogen and oxygen atoms in total. The first kappa shape index (κ1) is 17.4. The third-order valence-electron chi connectivity index (χ3n) is 4.25. The van der Waals surface area contributed by atoms with E-state index in [0.717, 1.165) is 13.1 Å². The van der Waals surface area contributed by atoms with E-state index >= 15 is 0 Å². The molecule has 0 spiro atoms. The number of ether oxygens (including phenoxy) is 2. The zero-order chi connectivity index (χ0) is 17.6. The van der Waals surface area contributed by atoms with E-state index < -0.39 is 0 Å². The lowest BCUT2D eigenvalue weighted by molar-refractivity contribution is 0.0566. The number of piperazine rings is 1. The summed E-state index contributed by atoms with van der Waals surface area (Å²) < 4.78 is 10.3. The van der Waals surface area contributed by atoms with Gasteiger partial charge in [-0.1, -0.05) is 0 Å². The molecule has 0 bridgehead atoms. The Morgan fingerprint density at radius 2 is 1.80 bits per heavy atom. The Hall–Kier alpha value is -2.42. The lowest BCUT2D eigenvalue weighted by Crippen LogP contribution is -2.51. The first-order valence-electron chi connectivity index (χ1n) is 8.55. The first-order chi connectivity index (χ1) is 12.2. The molecule has 25 heavy (non-hydrogen) atoms. The molecule has 1 aromatic rings. The van der Waals surface area contributed by atoms with Gasteiger partial charge in [0.05, 0.1) is 19.8 Å². The smallest absolute Gasteiger partial charge is 0.409 e.